The molecule has 4 atom stereocenters. The molecule has 10 nitrogen and oxygen atoms in total. The van der Waals surface area contributed by atoms with E-state index in [-0.39, 0.29) is 11.5 Å². The van der Waals surface area contributed by atoms with Crippen molar-refractivity contribution in [3.8, 4) is 0 Å². The third kappa shape index (κ3) is 3.40. The van der Waals surface area contributed by atoms with E-state index in [4.69, 9.17) is 15.6 Å². The number of anilines is 2. The molecule has 2 aromatic rings. The van der Waals surface area contributed by atoms with Crippen molar-refractivity contribution in [1.29, 1.82) is 0 Å². The quantitative estimate of drug-likeness (QED) is 0.542. The zero-order chi connectivity index (χ0) is 18.8. The molecular weight excluding hydrogens is 349 g/mol. The Morgan fingerprint density at radius 1 is 1.42 bits per heavy atom. The lowest BCUT2D eigenvalue weighted by atomic mass is 10.1. The number of nitrogen functional groups attached to an aromatic ring is 1. The Morgan fingerprint density at radius 3 is 2.77 bits per heavy atom. The Hall–Kier alpha value is -2.89. The van der Waals surface area contributed by atoms with Gasteiger partial charge in [0, 0.05) is 6.20 Å². The van der Waals surface area contributed by atoms with Crippen molar-refractivity contribution in [1.82, 2.24) is 14.5 Å². The summed E-state index contributed by atoms with van der Waals surface area (Å²) in [5.74, 6) is -0.673. The third-order valence-electron chi connectivity index (χ3n) is 3.84. The van der Waals surface area contributed by atoms with E-state index < -0.39 is 42.8 Å². The van der Waals surface area contributed by atoms with Crippen LogP contribution in [0.3, 0.4) is 0 Å². The molecule has 1 aliphatic heterocycles. The summed E-state index contributed by atoms with van der Waals surface area (Å²) in [4.78, 5) is 31.6. The number of hydrogen-bond acceptors (Lipinski definition) is 8. The molecule has 0 aliphatic carbocycles. The molecule has 0 unspecified atom stereocenters. The largest absolute Gasteiger partial charge is 0.397 e. The fraction of sp³-hybridized carbons (Fsp3) is 0.333. The number of carbonyl (C=O) groups excluding carboxylic acids is 1. The van der Waals surface area contributed by atoms with Gasteiger partial charge in [0.15, 0.2) is 12.4 Å². The minimum atomic E-state index is -1.91. The zero-order valence-corrected chi connectivity index (χ0v) is 13.3. The van der Waals surface area contributed by atoms with Gasteiger partial charge in [0.05, 0.1) is 18.5 Å². The highest BCUT2D eigenvalue weighted by Crippen LogP contribution is 2.30. The molecule has 26 heavy (non-hydrogen) atoms. The Bertz CT molecular complexity index is 858. The van der Waals surface area contributed by atoms with Crippen LogP contribution in [0, 0.1) is 0 Å². The first-order valence-corrected chi connectivity index (χ1v) is 7.61. The number of nitrogens with one attached hydrogen (secondary N) is 1. The van der Waals surface area contributed by atoms with E-state index in [1.54, 1.807) is 0 Å². The number of nitrogens with two attached hydrogens (primary N) is 1. The van der Waals surface area contributed by atoms with Gasteiger partial charge in [-0.2, -0.15) is 4.98 Å². The maximum Gasteiger partial charge on any atom is 0.351 e. The number of carbonyl (C=O) groups is 1. The number of amides is 1. The molecule has 2 aromatic heterocycles. The van der Waals surface area contributed by atoms with Gasteiger partial charge in [-0.25, -0.2) is 14.2 Å². The lowest BCUT2D eigenvalue weighted by Gasteiger charge is -2.16. The standard InChI is InChI=1S/C15H16FN5O5/c16-11-12(23)9(6-22)26-14(11)21-4-3-10(20-15(21)25)19-13(24)8-2-1-7(17)5-18-8/h1-5,9,11-12,14,22-23H,6,17H2,(H,19,20,24,25)/t9-,11-,12-,14+/m1/s1. The topological polar surface area (TPSA) is 153 Å². The first-order chi connectivity index (χ1) is 12.4. The number of halogens is 1. The molecule has 1 amide bonds. The van der Waals surface area contributed by atoms with Gasteiger partial charge in [0.25, 0.3) is 5.91 Å². The van der Waals surface area contributed by atoms with Crippen LogP contribution in [0.2, 0.25) is 0 Å². The molecule has 0 spiro atoms. The number of aliphatic hydroxyl groups is 2. The molecule has 0 aromatic carbocycles. The minimum absolute atomic E-state index is 0.0671. The SMILES string of the molecule is Nc1ccc(C(=O)Nc2ccn([C@H]3O[C@H](CO)[C@@H](O)[C@H]3F)c(=O)n2)nc1. The van der Waals surface area contributed by atoms with Gasteiger partial charge < -0.3 is 26.0 Å². The Labute approximate surface area is 146 Å². The monoisotopic (exact) mass is 365 g/mol. The van der Waals surface area contributed by atoms with Crippen molar-refractivity contribution in [2.45, 2.75) is 24.6 Å². The van der Waals surface area contributed by atoms with Crippen LogP contribution in [0.5, 0.6) is 0 Å². The van der Waals surface area contributed by atoms with E-state index in [0.29, 0.717) is 5.69 Å². The summed E-state index contributed by atoms with van der Waals surface area (Å²) in [5.41, 5.74) is 5.06. The highest BCUT2D eigenvalue weighted by Gasteiger charge is 2.45. The summed E-state index contributed by atoms with van der Waals surface area (Å²) in [6.07, 6.45) is -3.56. The highest BCUT2D eigenvalue weighted by atomic mass is 19.1. The highest BCUT2D eigenvalue weighted by molar-refractivity contribution is 6.02. The second-order valence-electron chi connectivity index (χ2n) is 5.62. The first kappa shape index (κ1) is 17.9. The summed E-state index contributed by atoms with van der Waals surface area (Å²) in [6.45, 7) is -0.594. The number of hydrogen-bond donors (Lipinski definition) is 4. The van der Waals surface area contributed by atoms with E-state index in [2.05, 4.69) is 15.3 Å². The number of aromatic nitrogens is 3. The van der Waals surface area contributed by atoms with Crippen molar-refractivity contribution in [2.75, 3.05) is 17.7 Å². The number of rotatable bonds is 4. The van der Waals surface area contributed by atoms with Crippen molar-refractivity contribution < 1.29 is 24.1 Å². The summed E-state index contributed by atoms with van der Waals surface area (Å²) in [6, 6.07) is 4.17. The summed E-state index contributed by atoms with van der Waals surface area (Å²) in [5, 5.41) is 21.1. The molecule has 3 heterocycles. The molecule has 1 saturated heterocycles. The normalized spacial score (nSPS) is 25.2. The fourth-order valence-corrected chi connectivity index (χ4v) is 2.47. The molecule has 11 heteroatoms. The molecule has 0 saturated carbocycles. The van der Waals surface area contributed by atoms with Crippen molar-refractivity contribution in [3.05, 3.63) is 46.8 Å². The molecule has 0 bridgehead atoms. The van der Waals surface area contributed by atoms with Crippen LogP contribution in [0.1, 0.15) is 16.7 Å². The van der Waals surface area contributed by atoms with Gasteiger partial charge >= 0.3 is 5.69 Å². The fourth-order valence-electron chi connectivity index (χ4n) is 2.47. The second kappa shape index (κ2) is 7.15. The van der Waals surface area contributed by atoms with Crippen LogP contribution in [0.25, 0.3) is 0 Å². The summed E-state index contributed by atoms with van der Waals surface area (Å²) >= 11 is 0. The maximum atomic E-state index is 14.1. The summed E-state index contributed by atoms with van der Waals surface area (Å²) in [7, 11) is 0. The number of pyridine rings is 1. The van der Waals surface area contributed by atoms with Crippen LogP contribution < -0.4 is 16.7 Å². The van der Waals surface area contributed by atoms with E-state index >= 15 is 0 Å². The van der Waals surface area contributed by atoms with E-state index in [1.807, 2.05) is 0 Å². The third-order valence-corrected chi connectivity index (χ3v) is 3.84. The summed E-state index contributed by atoms with van der Waals surface area (Å²) < 4.78 is 20.1. The predicted octanol–water partition coefficient (Wildman–Crippen LogP) is -0.939. The molecule has 3 rings (SSSR count). The van der Waals surface area contributed by atoms with Gasteiger partial charge in [0.2, 0.25) is 0 Å². The Balaban J connectivity index is 1.77. The van der Waals surface area contributed by atoms with Crippen LogP contribution in [-0.4, -0.2) is 55.6 Å². The minimum Gasteiger partial charge on any atom is -0.397 e. The zero-order valence-electron chi connectivity index (χ0n) is 13.3. The van der Waals surface area contributed by atoms with Crippen LogP contribution in [0.4, 0.5) is 15.9 Å². The van der Waals surface area contributed by atoms with Crippen molar-refractivity contribution in [3.63, 3.8) is 0 Å². The Morgan fingerprint density at radius 2 is 2.19 bits per heavy atom. The van der Waals surface area contributed by atoms with E-state index in [9.17, 15) is 19.1 Å². The second-order valence-corrected chi connectivity index (χ2v) is 5.62. The van der Waals surface area contributed by atoms with Crippen molar-refractivity contribution >= 4 is 17.4 Å². The van der Waals surface area contributed by atoms with Crippen LogP contribution >= 0.6 is 0 Å². The number of alkyl halides is 1. The van der Waals surface area contributed by atoms with Crippen LogP contribution in [-0.2, 0) is 4.74 Å². The Kier molecular flexibility index (Phi) is 4.93. The molecule has 138 valence electrons. The molecular formula is C15H16FN5O5. The predicted molar refractivity (Wildman–Crippen MR) is 87.0 cm³/mol. The van der Waals surface area contributed by atoms with Gasteiger partial charge in [-0.05, 0) is 18.2 Å². The van der Waals surface area contributed by atoms with Crippen LogP contribution in [0.15, 0.2) is 35.4 Å². The molecule has 1 fully saturated rings. The maximum absolute atomic E-state index is 14.1. The average molecular weight is 365 g/mol. The van der Waals surface area contributed by atoms with Gasteiger partial charge in [-0.1, -0.05) is 0 Å². The number of nitrogens with zero attached hydrogens (tertiary/aromatic N) is 3. The molecule has 5 N–H and O–H groups in total. The lowest BCUT2D eigenvalue weighted by molar-refractivity contribution is -0.0490. The lowest BCUT2D eigenvalue weighted by Crippen LogP contribution is -2.33. The number of aliphatic hydroxyl groups excluding tert-OH is 2. The van der Waals surface area contributed by atoms with Crippen molar-refractivity contribution in [2.24, 2.45) is 0 Å². The van der Waals surface area contributed by atoms with E-state index in [1.165, 1.54) is 30.6 Å². The first-order valence-electron chi connectivity index (χ1n) is 7.61. The van der Waals surface area contributed by atoms with Gasteiger partial charge in [-0.15, -0.1) is 0 Å². The number of ether oxygens (including phenoxy) is 1. The average Bonchev–Trinajstić information content (AvgIpc) is 2.90. The smallest absolute Gasteiger partial charge is 0.351 e. The van der Waals surface area contributed by atoms with Gasteiger partial charge in [-0.3, -0.25) is 9.36 Å². The molecule has 1 aliphatic rings. The van der Waals surface area contributed by atoms with Gasteiger partial charge in [0.1, 0.15) is 23.7 Å². The molecule has 0 radical (unpaired) electrons. The van der Waals surface area contributed by atoms with E-state index in [0.717, 1.165) is 4.57 Å².